The second kappa shape index (κ2) is 7.97. The molecule has 1 fully saturated rings. The summed E-state index contributed by atoms with van der Waals surface area (Å²) in [5, 5.41) is 9.09. The number of imide groups is 1. The minimum atomic E-state index is -0.560. The first-order valence-corrected chi connectivity index (χ1v) is 9.20. The Bertz CT molecular complexity index is 719. The number of fused-ring (bicyclic) bond motifs is 1. The lowest BCUT2D eigenvalue weighted by atomic mass is 10.0. The van der Waals surface area contributed by atoms with Crippen molar-refractivity contribution in [2.45, 2.75) is 51.9 Å². The standard InChI is InChI=1S/C19H26N4O3/c1-3-21-12(2)9-20-10-13-4-5-15-14(8-13)11-23(19(15)26)16-6-7-17(24)22-18(16)25/h4-5,8,12,16,20-21H,3,6-7,9-11H2,1-2H3,(H,22,24,25)/t12-,16?/m0/s1. The van der Waals surface area contributed by atoms with Crippen molar-refractivity contribution in [1.29, 1.82) is 0 Å². The molecule has 0 spiro atoms. The number of nitrogens with one attached hydrogen (secondary N) is 3. The van der Waals surface area contributed by atoms with E-state index in [2.05, 4.69) is 29.8 Å². The zero-order valence-corrected chi connectivity index (χ0v) is 15.3. The van der Waals surface area contributed by atoms with Crippen LogP contribution in [0, 0.1) is 0 Å². The first-order chi connectivity index (χ1) is 12.5. The Morgan fingerprint density at radius 1 is 1.31 bits per heavy atom. The fraction of sp³-hybridized carbons (Fsp3) is 0.526. The number of carbonyl (C=O) groups is 3. The van der Waals surface area contributed by atoms with Crippen LogP contribution in [0.15, 0.2) is 18.2 Å². The number of carbonyl (C=O) groups excluding carboxylic acids is 3. The molecule has 7 heteroatoms. The van der Waals surface area contributed by atoms with Gasteiger partial charge in [0.05, 0.1) is 0 Å². The highest BCUT2D eigenvalue weighted by molar-refractivity contribution is 6.05. The largest absolute Gasteiger partial charge is 0.322 e. The van der Waals surface area contributed by atoms with Gasteiger partial charge in [-0.05, 0) is 37.1 Å². The number of nitrogens with zero attached hydrogens (tertiary/aromatic N) is 1. The summed E-state index contributed by atoms with van der Waals surface area (Å²) >= 11 is 0. The maximum Gasteiger partial charge on any atom is 0.255 e. The Balaban J connectivity index is 1.63. The molecular formula is C19H26N4O3. The topological polar surface area (TPSA) is 90.5 Å². The summed E-state index contributed by atoms with van der Waals surface area (Å²) in [6, 6.07) is 5.67. The lowest BCUT2D eigenvalue weighted by Crippen LogP contribution is -2.52. The Morgan fingerprint density at radius 3 is 2.85 bits per heavy atom. The number of piperidine rings is 1. The first kappa shape index (κ1) is 18.5. The average Bonchev–Trinajstić information content (AvgIpc) is 2.91. The van der Waals surface area contributed by atoms with Crippen LogP contribution in [0.2, 0.25) is 0 Å². The summed E-state index contributed by atoms with van der Waals surface area (Å²) in [6.45, 7) is 7.18. The van der Waals surface area contributed by atoms with E-state index in [-0.39, 0.29) is 24.1 Å². The van der Waals surface area contributed by atoms with Crippen molar-refractivity contribution in [2.24, 2.45) is 0 Å². The summed E-state index contributed by atoms with van der Waals surface area (Å²) in [5.74, 6) is -0.771. The normalized spacial score (nSPS) is 20.9. The molecule has 2 aliphatic rings. The Morgan fingerprint density at radius 2 is 2.12 bits per heavy atom. The number of amides is 3. The molecule has 3 N–H and O–H groups in total. The molecule has 0 aromatic heterocycles. The monoisotopic (exact) mass is 358 g/mol. The van der Waals surface area contributed by atoms with Gasteiger partial charge < -0.3 is 15.5 Å². The van der Waals surface area contributed by atoms with Gasteiger partial charge in [-0.3, -0.25) is 19.7 Å². The highest BCUT2D eigenvalue weighted by Gasteiger charge is 2.38. The number of likely N-dealkylation sites (N-methyl/N-ethyl adjacent to an activating group) is 1. The fourth-order valence-electron chi connectivity index (χ4n) is 3.59. The molecule has 0 saturated carbocycles. The molecule has 140 valence electrons. The van der Waals surface area contributed by atoms with Crippen molar-refractivity contribution in [3.63, 3.8) is 0 Å². The fourth-order valence-corrected chi connectivity index (χ4v) is 3.59. The van der Waals surface area contributed by atoms with Crippen LogP contribution in [0.4, 0.5) is 0 Å². The second-order valence-corrected chi connectivity index (χ2v) is 6.98. The molecule has 1 aromatic rings. The van der Waals surface area contributed by atoms with Crippen molar-refractivity contribution in [3.05, 3.63) is 34.9 Å². The van der Waals surface area contributed by atoms with E-state index in [4.69, 9.17) is 0 Å². The van der Waals surface area contributed by atoms with Crippen molar-refractivity contribution < 1.29 is 14.4 Å². The van der Waals surface area contributed by atoms with E-state index in [1.165, 1.54) is 0 Å². The number of benzene rings is 1. The SMILES string of the molecule is CCN[C@@H](C)CNCc1ccc2c(c1)CN(C1CCC(=O)NC1=O)C2=O. The van der Waals surface area contributed by atoms with E-state index in [1.54, 1.807) is 4.90 Å². The van der Waals surface area contributed by atoms with Gasteiger partial charge in [0.15, 0.2) is 0 Å². The van der Waals surface area contributed by atoms with Crippen molar-refractivity contribution in [1.82, 2.24) is 20.9 Å². The van der Waals surface area contributed by atoms with Crippen molar-refractivity contribution >= 4 is 17.7 Å². The first-order valence-electron chi connectivity index (χ1n) is 9.20. The quantitative estimate of drug-likeness (QED) is 0.619. The van der Waals surface area contributed by atoms with E-state index in [0.29, 0.717) is 24.6 Å². The summed E-state index contributed by atoms with van der Waals surface area (Å²) in [6.07, 6.45) is 0.663. The van der Waals surface area contributed by atoms with Crippen LogP contribution in [-0.2, 0) is 22.7 Å². The highest BCUT2D eigenvalue weighted by atomic mass is 16.2. The molecular weight excluding hydrogens is 332 g/mol. The maximum absolute atomic E-state index is 12.6. The van der Waals surface area contributed by atoms with E-state index >= 15 is 0 Å². The molecule has 0 bridgehead atoms. The van der Waals surface area contributed by atoms with Gasteiger partial charge in [0.1, 0.15) is 6.04 Å². The smallest absolute Gasteiger partial charge is 0.255 e. The minimum Gasteiger partial charge on any atom is -0.322 e. The molecule has 1 unspecified atom stereocenters. The second-order valence-electron chi connectivity index (χ2n) is 6.98. The Labute approximate surface area is 153 Å². The predicted molar refractivity (Wildman–Crippen MR) is 97.3 cm³/mol. The number of rotatable bonds is 7. The summed E-state index contributed by atoms with van der Waals surface area (Å²) < 4.78 is 0. The molecule has 26 heavy (non-hydrogen) atoms. The van der Waals surface area contributed by atoms with Crippen LogP contribution in [0.3, 0.4) is 0 Å². The van der Waals surface area contributed by atoms with Crippen LogP contribution in [-0.4, -0.2) is 47.8 Å². The highest BCUT2D eigenvalue weighted by Crippen LogP contribution is 2.28. The third kappa shape index (κ3) is 3.94. The van der Waals surface area contributed by atoms with Gasteiger partial charge in [0.2, 0.25) is 11.8 Å². The summed E-state index contributed by atoms with van der Waals surface area (Å²) in [7, 11) is 0. The van der Waals surface area contributed by atoms with E-state index in [0.717, 1.165) is 30.8 Å². The number of hydrogen-bond acceptors (Lipinski definition) is 5. The lowest BCUT2D eigenvalue weighted by Gasteiger charge is -2.29. The van der Waals surface area contributed by atoms with Crippen LogP contribution in [0.1, 0.15) is 48.2 Å². The van der Waals surface area contributed by atoms with Gasteiger partial charge in [-0.1, -0.05) is 19.1 Å². The van der Waals surface area contributed by atoms with Gasteiger partial charge in [-0.25, -0.2) is 0 Å². The maximum atomic E-state index is 12.6. The molecule has 0 aliphatic carbocycles. The van der Waals surface area contributed by atoms with Gasteiger partial charge in [0, 0.05) is 37.7 Å². The zero-order chi connectivity index (χ0) is 18.7. The van der Waals surface area contributed by atoms with Gasteiger partial charge in [-0.2, -0.15) is 0 Å². The molecule has 2 heterocycles. The van der Waals surface area contributed by atoms with Crippen molar-refractivity contribution in [3.8, 4) is 0 Å². The third-order valence-electron chi connectivity index (χ3n) is 4.92. The van der Waals surface area contributed by atoms with Gasteiger partial charge >= 0.3 is 0 Å². The molecule has 2 aliphatic heterocycles. The van der Waals surface area contributed by atoms with E-state index < -0.39 is 6.04 Å². The van der Waals surface area contributed by atoms with Gasteiger partial charge in [0.25, 0.3) is 5.91 Å². The Hall–Kier alpha value is -2.25. The third-order valence-corrected chi connectivity index (χ3v) is 4.92. The lowest BCUT2D eigenvalue weighted by molar-refractivity contribution is -0.136. The van der Waals surface area contributed by atoms with Crippen LogP contribution in [0.25, 0.3) is 0 Å². The Kier molecular flexibility index (Phi) is 5.68. The van der Waals surface area contributed by atoms with Crippen LogP contribution < -0.4 is 16.0 Å². The average molecular weight is 358 g/mol. The summed E-state index contributed by atoms with van der Waals surface area (Å²) in [4.78, 5) is 37.6. The van der Waals surface area contributed by atoms with Crippen LogP contribution >= 0.6 is 0 Å². The molecule has 3 amide bonds. The molecule has 7 nitrogen and oxygen atoms in total. The molecule has 0 radical (unpaired) electrons. The summed E-state index contributed by atoms with van der Waals surface area (Å²) in [5.41, 5.74) is 2.71. The van der Waals surface area contributed by atoms with Gasteiger partial charge in [-0.15, -0.1) is 0 Å². The number of hydrogen-bond donors (Lipinski definition) is 3. The molecule has 1 aromatic carbocycles. The van der Waals surface area contributed by atoms with E-state index in [1.807, 2.05) is 18.2 Å². The molecule has 2 atom stereocenters. The van der Waals surface area contributed by atoms with Crippen molar-refractivity contribution in [2.75, 3.05) is 13.1 Å². The minimum absolute atomic E-state index is 0.130. The van der Waals surface area contributed by atoms with Crippen LogP contribution in [0.5, 0.6) is 0 Å². The van der Waals surface area contributed by atoms with E-state index in [9.17, 15) is 14.4 Å². The zero-order valence-electron chi connectivity index (χ0n) is 15.3. The molecule has 3 rings (SSSR count). The predicted octanol–water partition coefficient (Wildman–Crippen LogP) is 0.535. The molecule has 1 saturated heterocycles.